The van der Waals surface area contributed by atoms with Gasteiger partial charge >= 0.3 is 6.18 Å². The van der Waals surface area contributed by atoms with Crippen molar-refractivity contribution >= 4 is 15.7 Å². The number of aromatic nitrogens is 1. The van der Waals surface area contributed by atoms with Crippen LogP contribution in [0.3, 0.4) is 0 Å². The number of aliphatic hydroxyl groups is 1. The smallest absolute Gasteiger partial charge is 0.391 e. The summed E-state index contributed by atoms with van der Waals surface area (Å²) in [5.41, 5.74) is -1.52. The number of amides is 1. The van der Waals surface area contributed by atoms with Crippen molar-refractivity contribution in [2.45, 2.75) is 95.2 Å². The molecule has 0 radical (unpaired) electrons. The average Bonchev–Trinajstić information content (AvgIpc) is 3.69. The molecule has 1 heterocycles. The zero-order valence-electron chi connectivity index (χ0n) is 20.3. The Kier molecular flexibility index (Phi) is 7.27. The maximum atomic E-state index is 13.1. The van der Waals surface area contributed by atoms with Crippen LogP contribution in [0.4, 0.5) is 13.2 Å². The van der Waals surface area contributed by atoms with Gasteiger partial charge in [-0.1, -0.05) is 12.8 Å². The van der Waals surface area contributed by atoms with Crippen molar-refractivity contribution in [2.24, 2.45) is 17.3 Å². The van der Waals surface area contributed by atoms with Crippen LogP contribution in [0.1, 0.15) is 86.5 Å². The maximum Gasteiger partial charge on any atom is 0.433 e. The Morgan fingerprint density at radius 3 is 2.23 bits per heavy atom. The number of sulfone groups is 1. The second kappa shape index (κ2) is 9.65. The molecule has 4 rings (SSSR count). The predicted octanol–water partition coefficient (Wildman–Crippen LogP) is 4.44. The molecule has 2 atom stereocenters. The number of pyridine rings is 1. The third-order valence-corrected chi connectivity index (χ3v) is 10.5. The van der Waals surface area contributed by atoms with Crippen LogP contribution in [0.2, 0.25) is 0 Å². The third kappa shape index (κ3) is 6.18. The summed E-state index contributed by atoms with van der Waals surface area (Å²) in [5, 5.41) is 13.3. The molecule has 6 nitrogen and oxygen atoms in total. The van der Waals surface area contributed by atoms with Gasteiger partial charge in [-0.25, -0.2) is 13.4 Å². The summed E-state index contributed by atoms with van der Waals surface area (Å²) >= 11 is 0. The highest BCUT2D eigenvalue weighted by molar-refractivity contribution is 7.92. The summed E-state index contributed by atoms with van der Waals surface area (Å²) in [4.78, 5) is 16.7. The van der Waals surface area contributed by atoms with Gasteiger partial charge in [0.15, 0.2) is 9.84 Å². The van der Waals surface area contributed by atoms with Gasteiger partial charge in [0.2, 0.25) is 0 Å². The van der Waals surface area contributed by atoms with Gasteiger partial charge in [0.1, 0.15) is 5.69 Å². The van der Waals surface area contributed by atoms with Gasteiger partial charge in [-0.3, -0.25) is 4.79 Å². The van der Waals surface area contributed by atoms with Crippen LogP contribution in [0.5, 0.6) is 0 Å². The molecule has 10 heteroatoms. The Balaban J connectivity index is 1.53. The molecule has 0 bridgehead atoms. The summed E-state index contributed by atoms with van der Waals surface area (Å²) in [6, 6.07) is 1.27. The average molecular weight is 517 g/mol. The Hall–Kier alpha value is -1.68. The first kappa shape index (κ1) is 26.4. The van der Waals surface area contributed by atoms with E-state index < -0.39 is 45.2 Å². The lowest BCUT2D eigenvalue weighted by molar-refractivity contribution is -0.141. The molecule has 3 aliphatic carbocycles. The van der Waals surface area contributed by atoms with E-state index in [4.69, 9.17) is 0 Å². The van der Waals surface area contributed by atoms with Gasteiger partial charge in [-0.2, -0.15) is 13.2 Å². The van der Waals surface area contributed by atoms with Crippen LogP contribution in [0.25, 0.3) is 0 Å². The first-order valence-corrected chi connectivity index (χ1v) is 14.3. The number of carbonyl (C=O) groups excluding carboxylic acids is 1. The van der Waals surface area contributed by atoms with Gasteiger partial charge < -0.3 is 10.4 Å². The number of alkyl halides is 3. The molecule has 2 unspecified atom stereocenters. The second-order valence-corrected chi connectivity index (χ2v) is 13.3. The third-order valence-electron chi connectivity index (χ3n) is 8.04. The van der Waals surface area contributed by atoms with Crippen molar-refractivity contribution in [3.8, 4) is 0 Å². The normalized spacial score (nSPS) is 27.3. The highest BCUT2D eigenvalue weighted by Gasteiger charge is 2.49. The van der Waals surface area contributed by atoms with E-state index in [0.717, 1.165) is 44.2 Å². The minimum atomic E-state index is -4.60. The lowest BCUT2D eigenvalue weighted by Gasteiger charge is -2.47. The van der Waals surface area contributed by atoms with Gasteiger partial charge in [0, 0.05) is 0 Å². The van der Waals surface area contributed by atoms with Crippen LogP contribution in [-0.2, 0) is 16.0 Å². The molecule has 3 aliphatic rings. The molecule has 196 valence electrons. The largest absolute Gasteiger partial charge is 0.433 e. The van der Waals surface area contributed by atoms with Crippen molar-refractivity contribution in [3.05, 3.63) is 29.1 Å². The number of hydrogen-bond acceptors (Lipinski definition) is 5. The van der Waals surface area contributed by atoms with Crippen LogP contribution < -0.4 is 5.32 Å². The highest BCUT2D eigenvalue weighted by Crippen LogP contribution is 2.51. The van der Waals surface area contributed by atoms with Crippen LogP contribution in [0, 0.1) is 24.2 Å². The molecule has 2 N–H and O–H groups in total. The second-order valence-electron chi connectivity index (χ2n) is 11.0. The van der Waals surface area contributed by atoms with E-state index in [2.05, 4.69) is 10.3 Å². The molecule has 1 amide bonds. The van der Waals surface area contributed by atoms with Crippen LogP contribution in [0.15, 0.2) is 12.1 Å². The predicted molar refractivity (Wildman–Crippen MR) is 125 cm³/mol. The Labute approximate surface area is 205 Å². The van der Waals surface area contributed by atoms with E-state index >= 15 is 0 Å². The number of aliphatic hydroxyl groups excluding tert-OH is 1. The minimum Gasteiger partial charge on any atom is -0.391 e. The van der Waals surface area contributed by atoms with Gasteiger partial charge in [0.05, 0.1) is 34.4 Å². The first-order valence-electron chi connectivity index (χ1n) is 12.6. The molecule has 1 aromatic heterocycles. The fourth-order valence-electron chi connectivity index (χ4n) is 5.78. The zero-order valence-corrected chi connectivity index (χ0v) is 21.1. The van der Waals surface area contributed by atoms with E-state index in [9.17, 15) is 31.5 Å². The molecule has 1 aromatic rings. The summed E-state index contributed by atoms with van der Waals surface area (Å²) in [6.07, 6.45) is 1.57. The molecule has 0 spiro atoms. The molecule has 3 saturated carbocycles. The van der Waals surface area contributed by atoms with Gasteiger partial charge in [-0.05, 0) is 88.2 Å². The summed E-state index contributed by atoms with van der Waals surface area (Å²) < 4.78 is 64.7. The fourth-order valence-corrected chi connectivity index (χ4v) is 7.99. The highest BCUT2D eigenvalue weighted by atomic mass is 32.2. The van der Waals surface area contributed by atoms with Crippen molar-refractivity contribution in [3.63, 3.8) is 0 Å². The lowest BCUT2D eigenvalue weighted by Crippen LogP contribution is -2.56. The SMILES string of the molecule is Cc1nc(C(F)(F)F)ccc1C(=O)NC(C(C)O)C1(CC2CC2)CCC(S(=O)(=O)CC2CC2)CC1. The quantitative estimate of drug-likeness (QED) is 0.506. The standard InChI is InChI=1S/C25H35F3N2O4S/c1-15-20(7-8-21(29-15)25(26,27)28)23(32)30-22(16(2)31)24(13-17-3-4-17)11-9-19(10-12-24)35(33,34)14-18-5-6-18/h7-8,16-19,22,31H,3-6,9-14H2,1-2H3,(H,30,32). The molecule has 0 aromatic carbocycles. The van der Waals surface area contributed by atoms with E-state index in [1.165, 1.54) is 6.92 Å². The van der Waals surface area contributed by atoms with Crippen molar-refractivity contribution in [2.75, 3.05) is 5.75 Å². The fraction of sp³-hybridized carbons (Fsp3) is 0.760. The van der Waals surface area contributed by atoms with Gasteiger partial charge in [0.25, 0.3) is 5.91 Å². The van der Waals surface area contributed by atoms with Crippen molar-refractivity contribution in [1.29, 1.82) is 0 Å². The number of rotatable bonds is 9. The number of nitrogens with zero attached hydrogens (tertiary/aromatic N) is 1. The Morgan fingerprint density at radius 2 is 1.74 bits per heavy atom. The summed E-state index contributed by atoms with van der Waals surface area (Å²) in [6.45, 7) is 2.96. The Morgan fingerprint density at radius 1 is 1.14 bits per heavy atom. The number of hydrogen-bond donors (Lipinski definition) is 2. The van der Waals surface area contributed by atoms with Crippen LogP contribution >= 0.6 is 0 Å². The number of carbonyl (C=O) groups is 1. The molecule has 3 fully saturated rings. The van der Waals surface area contributed by atoms with E-state index in [1.807, 2.05) is 0 Å². The summed E-state index contributed by atoms with van der Waals surface area (Å²) in [7, 11) is -3.17. The molecular formula is C25H35F3N2O4S. The van der Waals surface area contributed by atoms with Gasteiger partial charge in [-0.15, -0.1) is 0 Å². The molecule has 0 aliphatic heterocycles. The Bertz CT molecular complexity index is 1040. The summed E-state index contributed by atoms with van der Waals surface area (Å²) in [5.74, 6) is 0.461. The number of halogens is 3. The minimum absolute atomic E-state index is 0.0333. The molecule has 35 heavy (non-hydrogen) atoms. The first-order chi connectivity index (χ1) is 16.3. The molecular weight excluding hydrogens is 481 g/mol. The van der Waals surface area contributed by atoms with Crippen LogP contribution in [-0.4, -0.2) is 47.6 Å². The number of aryl methyl sites for hydroxylation is 1. The van der Waals surface area contributed by atoms with E-state index in [0.29, 0.717) is 37.5 Å². The molecule has 0 saturated heterocycles. The monoisotopic (exact) mass is 516 g/mol. The number of nitrogens with one attached hydrogen (secondary N) is 1. The topological polar surface area (TPSA) is 96.4 Å². The van der Waals surface area contributed by atoms with Crippen molar-refractivity contribution < 1.29 is 31.5 Å². The van der Waals surface area contributed by atoms with E-state index in [-0.39, 0.29) is 22.3 Å². The van der Waals surface area contributed by atoms with Crippen molar-refractivity contribution in [1.82, 2.24) is 10.3 Å². The lowest BCUT2D eigenvalue weighted by atomic mass is 9.64. The van der Waals surface area contributed by atoms with E-state index in [1.54, 1.807) is 6.92 Å². The zero-order chi connectivity index (χ0) is 25.6. The maximum absolute atomic E-state index is 13.1.